The Balaban J connectivity index is 1.44. The molecule has 8 rings (SSSR count). The Morgan fingerprint density at radius 2 is 1.77 bits per heavy atom. The predicted octanol–water partition coefficient (Wildman–Crippen LogP) is 3.81. The van der Waals surface area contributed by atoms with E-state index in [1.54, 1.807) is 15.6 Å². The number of halogens is 2. The Labute approximate surface area is 229 Å². The van der Waals surface area contributed by atoms with E-state index in [0.29, 0.717) is 31.7 Å². The Kier molecular flexibility index (Phi) is 4.96. The highest BCUT2D eigenvalue weighted by atomic mass is 19.2. The van der Waals surface area contributed by atoms with Crippen LogP contribution in [0.3, 0.4) is 0 Å². The van der Waals surface area contributed by atoms with E-state index in [0.717, 1.165) is 36.6 Å². The van der Waals surface area contributed by atoms with Gasteiger partial charge in [0.2, 0.25) is 5.43 Å². The third-order valence-electron chi connectivity index (χ3n) is 9.61. The summed E-state index contributed by atoms with van der Waals surface area (Å²) in [5, 5.41) is 12.9. The highest BCUT2D eigenvalue weighted by molar-refractivity contribution is 5.96. The number of nitrogens with zero attached hydrogens (tertiary/aromatic N) is 4. The van der Waals surface area contributed by atoms with Crippen molar-refractivity contribution in [2.45, 2.75) is 43.9 Å². The van der Waals surface area contributed by atoms with E-state index in [-0.39, 0.29) is 23.3 Å². The molecule has 5 aliphatic rings. The highest BCUT2D eigenvalue weighted by Crippen LogP contribution is 2.57. The van der Waals surface area contributed by atoms with E-state index >= 15 is 4.39 Å². The van der Waals surface area contributed by atoms with Crippen LogP contribution in [0.15, 0.2) is 53.5 Å². The molecule has 8 nitrogen and oxygen atoms in total. The normalized spacial score (nSPS) is 25.9. The third-order valence-corrected chi connectivity index (χ3v) is 9.61. The van der Waals surface area contributed by atoms with Gasteiger partial charge < -0.3 is 19.6 Å². The van der Waals surface area contributed by atoms with Crippen LogP contribution in [-0.4, -0.2) is 53.1 Å². The van der Waals surface area contributed by atoms with Crippen molar-refractivity contribution in [2.75, 3.05) is 36.2 Å². The monoisotopic (exact) mass is 546 g/mol. The molecule has 1 N–H and O–H groups in total. The number of carbonyl (C=O) groups excluding carboxylic acids is 1. The number of para-hydroxylation sites is 1. The number of piperidine rings is 1. The fraction of sp³-hybridized carbons (Fsp3) is 0.400. The van der Waals surface area contributed by atoms with Crippen molar-refractivity contribution in [3.8, 4) is 5.75 Å². The summed E-state index contributed by atoms with van der Waals surface area (Å²) in [5.41, 5.74) is 1.92. The number of ether oxygens (including phenoxy) is 1. The van der Waals surface area contributed by atoms with Crippen LogP contribution in [0.25, 0.3) is 0 Å². The quantitative estimate of drug-likeness (QED) is 0.501. The summed E-state index contributed by atoms with van der Waals surface area (Å²) in [7, 11) is 0. The zero-order valence-corrected chi connectivity index (χ0v) is 21.7. The van der Waals surface area contributed by atoms with Crippen molar-refractivity contribution in [3.05, 3.63) is 92.9 Å². The zero-order valence-electron chi connectivity index (χ0n) is 21.7. The number of aromatic nitrogens is 1. The van der Waals surface area contributed by atoms with Gasteiger partial charge in [-0.1, -0.05) is 24.3 Å². The van der Waals surface area contributed by atoms with Gasteiger partial charge in [-0.15, -0.1) is 0 Å². The molecule has 206 valence electrons. The van der Waals surface area contributed by atoms with Crippen LogP contribution >= 0.6 is 0 Å². The Hall–Kier alpha value is -3.92. The van der Waals surface area contributed by atoms with Crippen molar-refractivity contribution in [1.82, 2.24) is 9.58 Å². The number of pyridine rings is 1. The lowest BCUT2D eigenvalue weighted by atomic mass is 9.87. The fourth-order valence-electron chi connectivity index (χ4n) is 7.42. The molecule has 1 saturated carbocycles. The Morgan fingerprint density at radius 3 is 2.60 bits per heavy atom. The largest absolute Gasteiger partial charge is 0.502 e. The smallest absolute Gasteiger partial charge is 0.278 e. The van der Waals surface area contributed by atoms with Crippen LogP contribution in [0.4, 0.5) is 14.5 Å². The summed E-state index contributed by atoms with van der Waals surface area (Å²) >= 11 is 0. The lowest BCUT2D eigenvalue weighted by Crippen LogP contribution is -2.65. The molecule has 1 aliphatic carbocycles. The van der Waals surface area contributed by atoms with Crippen molar-refractivity contribution in [2.24, 2.45) is 5.41 Å². The lowest BCUT2D eigenvalue weighted by Gasteiger charge is -2.53. The molecular weight excluding hydrogens is 518 g/mol. The van der Waals surface area contributed by atoms with Gasteiger partial charge in [0.05, 0.1) is 19.3 Å². The van der Waals surface area contributed by atoms with Gasteiger partial charge in [-0.25, -0.2) is 8.78 Å². The minimum absolute atomic E-state index is 0.109. The minimum Gasteiger partial charge on any atom is -0.502 e. The van der Waals surface area contributed by atoms with Crippen LogP contribution in [0.2, 0.25) is 0 Å². The van der Waals surface area contributed by atoms with Crippen LogP contribution in [0.1, 0.15) is 64.9 Å². The van der Waals surface area contributed by atoms with Crippen LogP contribution in [0.5, 0.6) is 5.75 Å². The molecule has 0 bridgehead atoms. The number of morpholine rings is 1. The van der Waals surface area contributed by atoms with E-state index in [4.69, 9.17) is 4.74 Å². The molecule has 10 heteroatoms. The van der Waals surface area contributed by atoms with E-state index in [2.05, 4.69) is 4.90 Å². The highest BCUT2D eigenvalue weighted by Gasteiger charge is 2.55. The number of anilines is 1. The zero-order chi connectivity index (χ0) is 27.3. The van der Waals surface area contributed by atoms with Gasteiger partial charge in [-0.3, -0.25) is 19.3 Å². The summed E-state index contributed by atoms with van der Waals surface area (Å²) < 4.78 is 38.2. The average Bonchev–Trinajstić information content (AvgIpc) is 3.74. The summed E-state index contributed by atoms with van der Waals surface area (Å²) in [6.07, 6.45) is 4.82. The summed E-state index contributed by atoms with van der Waals surface area (Å²) in [5.74, 6) is -2.85. The second kappa shape index (κ2) is 8.30. The number of hydrogen-bond donors (Lipinski definition) is 1. The van der Waals surface area contributed by atoms with Gasteiger partial charge in [0.25, 0.3) is 5.91 Å². The van der Waals surface area contributed by atoms with Crippen LogP contribution < -0.4 is 15.3 Å². The fourth-order valence-corrected chi connectivity index (χ4v) is 7.42. The second-order valence-corrected chi connectivity index (χ2v) is 11.6. The van der Waals surface area contributed by atoms with Gasteiger partial charge in [-0.05, 0) is 48.8 Å². The molecule has 0 radical (unpaired) electrons. The Morgan fingerprint density at radius 1 is 0.950 bits per heavy atom. The van der Waals surface area contributed by atoms with Crippen LogP contribution in [-0.2, 0) is 4.74 Å². The third kappa shape index (κ3) is 3.19. The van der Waals surface area contributed by atoms with Crippen molar-refractivity contribution in [3.63, 3.8) is 0 Å². The van der Waals surface area contributed by atoms with Crippen molar-refractivity contribution < 1.29 is 23.4 Å². The molecule has 3 atom stereocenters. The molecule has 40 heavy (non-hydrogen) atoms. The lowest BCUT2D eigenvalue weighted by molar-refractivity contribution is 0.0348. The standard InChI is InChI=1S/C30H28F2N4O4/c31-19-6-5-18-24(25(19)32)21-16-40-14-13-33(21)20-4-2-1-3-17(20)26(18)36-23-15-30(8-9-30)10-12-34(23)29(39)27-28(38)22(37)7-11-35(27)36/h1-7,11,21,23,26,38H,8-10,12-16H2. The molecule has 3 unspecified atom stereocenters. The maximum Gasteiger partial charge on any atom is 0.278 e. The molecule has 2 aromatic carbocycles. The second-order valence-electron chi connectivity index (χ2n) is 11.6. The number of aromatic hydroxyl groups is 1. The van der Waals surface area contributed by atoms with Gasteiger partial charge in [0.1, 0.15) is 12.2 Å². The maximum atomic E-state index is 15.9. The number of benzene rings is 2. The molecule has 3 aromatic rings. The number of rotatable bonds is 1. The topological polar surface area (TPSA) is 78.2 Å². The van der Waals surface area contributed by atoms with Gasteiger partial charge in [0.15, 0.2) is 23.1 Å². The van der Waals surface area contributed by atoms with Gasteiger partial charge in [0, 0.05) is 42.2 Å². The first-order valence-corrected chi connectivity index (χ1v) is 13.8. The van der Waals surface area contributed by atoms with E-state index in [9.17, 15) is 19.1 Å². The number of amides is 1. The molecule has 5 heterocycles. The molecule has 1 spiro atoms. The summed E-state index contributed by atoms with van der Waals surface area (Å²) in [4.78, 5) is 30.1. The number of fused-ring (bicyclic) bond motifs is 7. The van der Waals surface area contributed by atoms with E-state index < -0.39 is 47.0 Å². The predicted molar refractivity (Wildman–Crippen MR) is 142 cm³/mol. The molecule has 3 fully saturated rings. The Bertz CT molecular complexity index is 1640. The first-order valence-electron chi connectivity index (χ1n) is 13.8. The van der Waals surface area contributed by atoms with Crippen molar-refractivity contribution in [1.29, 1.82) is 0 Å². The average molecular weight is 547 g/mol. The van der Waals surface area contributed by atoms with E-state index in [1.165, 1.54) is 12.3 Å². The van der Waals surface area contributed by atoms with E-state index in [1.807, 2.05) is 29.3 Å². The molecule has 1 amide bonds. The number of carbonyl (C=O) groups is 1. The molecule has 4 aliphatic heterocycles. The first-order chi connectivity index (χ1) is 19.4. The maximum absolute atomic E-state index is 15.9. The SMILES string of the molecule is O=C1c2c(O)c(=O)ccn2N(C2c3ccccc3N3CCOCC3c3c2ccc(F)c3F)C2CC3(CCN12)CC3. The molecule has 1 aromatic heterocycles. The van der Waals surface area contributed by atoms with Gasteiger partial charge in [-0.2, -0.15) is 0 Å². The number of hydrogen-bond acceptors (Lipinski definition) is 6. The first kappa shape index (κ1) is 23.9. The van der Waals surface area contributed by atoms with Gasteiger partial charge >= 0.3 is 0 Å². The van der Waals surface area contributed by atoms with Crippen LogP contribution in [0, 0.1) is 17.0 Å². The molecular formula is C30H28F2N4O4. The van der Waals surface area contributed by atoms with Crippen molar-refractivity contribution >= 4 is 11.6 Å². The summed E-state index contributed by atoms with van der Waals surface area (Å²) in [6, 6.07) is 10.7. The molecule has 2 saturated heterocycles. The summed E-state index contributed by atoms with van der Waals surface area (Å²) in [6.45, 7) is 1.65. The minimum atomic E-state index is -0.930.